The van der Waals surface area contributed by atoms with Crippen molar-refractivity contribution < 1.29 is 4.74 Å². The van der Waals surface area contributed by atoms with Gasteiger partial charge in [-0.05, 0) is 26.1 Å². The first-order valence-electron chi connectivity index (χ1n) is 5.18. The van der Waals surface area contributed by atoms with Gasteiger partial charge in [-0.3, -0.25) is 4.90 Å². The molecule has 1 atom stereocenters. The number of hydrogen-bond donors (Lipinski definition) is 1. The van der Waals surface area contributed by atoms with E-state index in [1.807, 2.05) is 0 Å². The highest BCUT2D eigenvalue weighted by Gasteiger charge is 2.08. The van der Waals surface area contributed by atoms with Gasteiger partial charge in [0.15, 0.2) is 0 Å². The number of likely N-dealkylation sites (N-methyl/N-ethyl adjacent to an activating group) is 2. The molecule has 0 amide bonds. The van der Waals surface area contributed by atoms with Crippen LogP contribution in [-0.4, -0.2) is 51.3 Å². The lowest BCUT2D eigenvalue weighted by atomic mass is 10.2. The van der Waals surface area contributed by atoms with Crippen molar-refractivity contribution >= 4 is 0 Å². The maximum Gasteiger partial charge on any atom is 0.0615 e. The number of methoxy groups -OCH3 is 1. The summed E-state index contributed by atoms with van der Waals surface area (Å²) < 4.78 is 5.10. The lowest BCUT2D eigenvalue weighted by Crippen LogP contribution is -2.35. The molecule has 3 heteroatoms. The van der Waals surface area contributed by atoms with Crippen LogP contribution in [0.2, 0.25) is 0 Å². The molecule has 84 valence electrons. The minimum atomic E-state index is 0.443. The Kier molecular flexibility index (Phi) is 7.76. The number of ether oxygens (including phenoxy) is 1. The molecule has 1 unspecified atom stereocenters. The van der Waals surface area contributed by atoms with Crippen LogP contribution in [0.15, 0.2) is 12.2 Å². The Labute approximate surface area is 88.1 Å². The molecule has 0 saturated carbocycles. The van der Waals surface area contributed by atoms with Crippen LogP contribution in [0.4, 0.5) is 0 Å². The fourth-order valence-electron chi connectivity index (χ4n) is 1.23. The molecule has 0 heterocycles. The van der Waals surface area contributed by atoms with Gasteiger partial charge >= 0.3 is 0 Å². The number of rotatable bonds is 8. The van der Waals surface area contributed by atoms with E-state index < -0.39 is 0 Å². The standard InChI is InChI=1S/C11H24N2O/c1-6-12-7-10(2)8-13(4)11(3)9-14-5/h11-12H,2,6-9H2,1,3-5H3. The Morgan fingerprint density at radius 3 is 2.71 bits per heavy atom. The lowest BCUT2D eigenvalue weighted by molar-refractivity contribution is 0.120. The minimum Gasteiger partial charge on any atom is -0.383 e. The number of hydrogen-bond acceptors (Lipinski definition) is 3. The van der Waals surface area contributed by atoms with Gasteiger partial charge in [0.1, 0.15) is 0 Å². The third-order valence-corrected chi connectivity index (χ3v) is 2.26. The van der Waals surface area contributed by atoms with Gasteiger partial charge < -0.3 is 10.1 Å². The average molecular weight is 200 g/mol. The largest absolute Gasteiger partial charge is 0.383 e. The third kappa shape index (κ3) is 6.13. The molecule has 0 aromatic heterocycles. The summed E-state index contributed by atoms with van der Waals surface area (Å²) >= 11 is 0. The van der Waals surface area contributed by atoms with Crippen molar-refractivity contribution in [1.82, 2.24) is 10.2 Å². The predicted molar refractivity (Wildman–Crippen MR) is 61.7 cm³/mol. The predicted octanol–water partition coefficient (Wildman–Crippen LogP) is 1.12. The van der Waals surface area contributed by atoms with Gasteiger partial charge in [0.2, 0.25) is 0 Å². The van der Waals surface area contributed by atoms with Crippen LogP contribution in [0.1, 0.15) is 13.8 Å². The summed E-state index contributed by atoms with van der Waals surface area (Å²) in [6, 6.07) is 0.443. The lowest BCUT2D eigenvalue weighted by Gasteiger charge is -2.24. The first kappa shape index (κ1) is 13.6. The summed E-state index contributed by atoms with van der Waals surface area (Å²) in [4.78, 5) is 2.25. The molecule has 0 radical (unpaired) electrons. The Hall–Kier alpha value is -0.380. The molecule has 0 aliphatic carbocycles. The van der Waals surface area contributed by atoms with Crippen molar-refractivity contribution in [3.63, 3.8) is 0 Å². The second-order valence-corrected chi connectivity index (χ2v) is 3.75. The van der Waals surface area contributed by atoms with Gasteiger partial charge in [0.05, 0.1) is 6.61 Å². The van der Waals surface area contributed by atoms with Crippen molar-refractivity contribution in [3.8, 4) is 0 Å². The van der Waals surface area contributed by atoms with Gasteiger partial charge in [-0.25, -0.2) is 0 Å². The quantitative estimate of drug-likeness (QED) is 0.594. The fourth-order valence-corrected chi connectivity index (χ4v) is 1.23. The Morgan fingerprint density at radius 2 is 2.21 bits per heavy atom. The highest BCUT2D eigenvalue weighted by Crippen LogP contribution is 1.99. The maximum atomic E-state index is 5.10. The molecule has 0 aliphatic heterocycles. The van der Waals surface area contributed by atoms with Gasteiger partial charge in [-0.15, -0.1) is 0 Å². The van der Waals surface area contributed by atoms with Crippen LogP contribution in [0.5, 0.6) is 0 Å². The van der Waals surface area contributed by atoms with E-state index in [0.29, 0.717) is 6.04 Å². The van der Waals surface area contributed by atoms with E-state index in [-0.39, 0.29) is 0 Å². The van der Waals surface area contributed by atoms with Gasteiger partial charge in [0.25, 0.3) is 0 Å². The molecule has 0 aliphatic rings. The average Bonchev–Trinajstić information content (AvgIpc) is 2.15. The van der Waals surface area contributed by atoms with E-state index in [9.17, 15) is 0 Å². The molecular weight excluding hydrogens is 176 g/mol. The molecule has 0 spiro atoms. The van der Waals surface area contributed by atoms with Crippen molar-refractivity contribution in [2.24, 2.45) is 0 Å². The molecular formula is C11H24N2O. The van der Waals surface area contributed by atoms with Crippen LogP contribution < -0.4 is 5.32 Å². The van der Waals surface area contributed by atoms with Gasteiger partial charge in [0, 0.05) is 26.2 Å². The smallest absolute Gasteiger partial charge is 0.0615 e. The first-order valence-corrected chi connectivity index (χ1v) is 5.18. The van der Waals surface area contributed by atoms with E-state index in [4.69, 9.17) is 4.74 Å². The first-order chi connectivity index (χ1) is 6.61. The van der Waals surface area contributed by atoms with E-state index >= 15 is 0 Å². The highest BCUT2D eigenvalue weighted by molar-refractivity contribution is 4.99. The van der Waals surface area contributed by atoms with Gasteiger partial charge in [-0.1, -0.05) is 13.5 Å². The van der Waals surface area contributed by atoms with Crippen molar-refractivity contribution in [2.45, 2.75) is 19.9 Å². The monoisotopic (exact) mass is 200 g/mol. The Balaban J connectivity index is 3.69. The highest BCUT2D eigenvalue weighted by atomic mass is 16.5. The van der Waals surface area contributed by atoms with Crippen molar-refractivity contribution in [3.05, 3.63) is 12.2 Å². The number of nitrogens with zero attached hydrogens (tertiary/aromatic N) is 1. The van der Waals surface area contributed by atoms with E-state index in [1.165, 1.54) is 5.57 Å². The molecule has 1 N–H and O–H groups in total. The van der Waals surface area contributed by atoms with Crippen LogP contribution in [0, 0.1) is 0 Å². The van der Waals surface area contributed by atoms with E-state index in [1.54, 1.807) is 7.11 Å². The summed E-state index contributed by atoms with van der Waals surface area (Å²) in [5.74, 6) is 0. The summed E-state index contributed by atoms with van der Waals surface area (Å²) in [6.07, 6.45) is 0. The zero-order valence-corrected chi connectivity index (χ0v) is 9.97. The molecule has 0 bridgehead atoms. The minimum absolute atomic E-state index is 0.443. The summed E-state index contributed by atoms with van der Waals surface area (Å²) in [5, 5.41) is 3.27. The SMILES string of the molecule is C=C(CNCC)CN(C)C(C)COC. The zero-order chi connectivity index (χ0) is 11.0. The fraction of sp³-hybridized carbons (Fsp3) is 0.818. The number of nitrogens with one attached hydrogen (secondary N) is 1. The van der Waals surface area contributed by atoms with Gasteiger partial charge in [-0.2, -0.15) is 0 Å². The van der Waals surface area contributed by atoms with E-state index in [0.717, 1.165) is 26.2 Å². The van der Waals surface area contributed by atoms with Crippen LogP contribution >= 0.6 is 0 Å². The maximum absolute atomic E-state index is 5.10. The summed E-state index contributed by atoms with van der Waals surface area (Å²) in [6.45, 7) is 11.9. The normalized spacial score (nSPS) is 13.2. The van der Waals surface area contributed by atoms with Crippen molar-refractivity contribution in [2.75, 3.05) is 40.4 Å². The molecule has 0 rings (SSSR count). The molecule has 0 aromatic carbocycles. The van der Waals surface area contributed by atoms with E-state index in [2.05, 4.69) is 37.7 Å². The molecule has 0 aromatic rings. The van der Waals surface area contributed by atoms with Crippen molar-refractivity contribution in [1.29, 1.82) is 0 Å². The molecule has 0 saturated heterocycles. The second-order valence-electron chi connectivity index (χ2n) is 3.75. The topological polar surface area (TPSA) is 24.5 Å². The van der Waals surface area contributed by atoms with Crippen LogP contribution in [0.3, 0.4) is 0 Å². The van der Waals surface area contributed by atoms with Crippen LogP contribution in [-0.2, 0) is 4.74 Å². The Morgan fingerprint density at radius 1 is 1.57 bits per heavy atom. The third-order valence-electron chi connectivity index (χ3n) is 2.26. The Bertz CT molecular complexity index is 159. The molecule has 14 heavy (non-hydrogen) atoms. The summed E-state index contributed by atoms with van der Waals surface area (Å²) in [7, 11) is 3.83. The molecule has 3 nitrogen and oxygen atoms in total. The molecule has 0 fully saturated rings. The summed E-state index contributed by atoms with van der Waals surface area (Å²) in [5.41, 5.74) is 1.22. The van der Waals surface area contributed by atoms with Crippen LogP contribution in [0.25, 0.3) is 0 Å². The second kappa shape index (κ2) is 7.97. The zero-order valence-electron chi connectivity index (χ0n) is 9.97.